The number of ether oxygens (including phenoxy) is 1. The first-order chi connectivity index (χ1) is 10.4. The molecule has 0 fully saturated rings. The first-order valence-electron chi connectivity index (χ1n) is 6.79. The number of benzene rings is 2. The van der Waals surface area contributed by atoms with Crippen LogP contribution in [0.1, 0.15) is 5.69 Å². The number of nitrogens with zero attached hydrogens (tertiary/aromatic N) is 3. The fourth-order valence-electron chi connectivity index (χ4n) is 2.42. The maximum Gasteiger partial charge on any atom is 0.234 e. The molecule has 0 N–H and O–H groups in total. The Bertz CT molecular complexity index is 876. The molecule has 102 valence electrons. The summed E-state index contributed by atoms with van der Waals surface area (Å²) < 4.78 is 7.82. The SMILES string of the molecule is c1ccc2c(OCc3cn4cccnc4n3)cccc2c1. The molecule has 4 heteroatoms. The standard InChI is InChI=1S/C17H13N3O/c1-2-7-15-13(5-1)6-3-8-16(15)21-12-14-11-20-10-4-9-18-17(20)19-14/h1-11H,12H2. The Kier molecular flexibility index (Phi) is 2.78. The molecule has 21 heavy (non-hydrogen) atoms. The molecule has 4 nitrogen and oxygen atoms in total. The van der Waals surface area contributed by atoms with Gasteiger partial charge in [-0.15, -0.1) is 0 Å². The van der Waals surface area contributed by atoms with Gasteiger partial charge in [0.15, 0.2) is 0 Å². The van der Waals surface area contributed by atoms with E-state index in [1.165, 1.54) is 5.39 Å². The van der Waals surface area contributed by atoms with Crippen LogP contribution < -0.4 is 4.74 Å². The second kappa shape index (κ2) is 4.90. The summed E-state index contributed by atoms with van der Waals surface area (Å²) in [6.45, 7) is 0.428. The lowest BCUT2D eigenvalue weighted by atomic mass is 10.1. The normalized spacial score (nSPS) is 11.0. The van der Waals surface area contributed by atoms with Crippen molar-refractivity contribution >= 4 is 16.6 Å². The van der Waals surface area contributed by atoms with Crippen LogP contribution >= 0.6 is 0 Å². The van der Waals surface area contributed by atoms with E-state index in [2.05, 4.69) is 28.2 Å². The molecule has 4 aromatic rings. The number of fused-ring (bicyclic) bond motifs is 2. The van der Waals surface area contributed by atoms with Crippen LogP contribution in [0.2, 0.25) is 0 Å². The maximum atomic E-state index is 5.93. The molecular formula is C17H13N3O. The summed E-state index contributed by atoms with van der Waals surface area (Å²) in [7, 11) is 0. The zero-order valence-corrected chi connectivity index (χ0v) is 11.3. The van der Waals surface area contributed by atoms with Gasteiger partial charge in [-0.3, -0.25) is 4.40 Å². The lowest BCUT2D eigenvalue weighted by Gasteiger charge is -2.07. The molecule has 4 rings (SSSR count). The minimum Gasteiger partial charge on any atom is -0.487 e. The quantitative estimate of drug-likeness (QED) is 0.575. The number of rotatable bonds is 3. The van der Waals surface area contributed by atoms with E-state index in [1.807, 2.05) is 47.1 Å². The molecule has 0 radical (unpaired) electrons. The molecule has 2 heterocycles. The molecule has 0 spiro atoms. The van der Waals surface area contributed by atoms with Crippen molar-refractivity contribution in [2.75, 3.05) is 0 Å². The van der Waals surface area contributed by atoms with Gasteiger partial charge in [0.2, 0.25) is 5.78 Å². The Hall–Kier alpha value is -2.88. The molecule has 0 saturated heterocycles. The van der Waals surface area contributed by atoms with Gasteiger partial charge >= 0.3 is 0 Å². The molecule has 0 amide bonds. The van der Waals surface area contributed by atoms with Crippen LogP contribution in [0.4, 0.5) is 0 Å². The minimum absolute atomic E-state index is 0.428. The van der Waals surface area contributed by atoms with E-state index >= 15 is 0 Å². The highest BCUT2D eigenvalue weighted by molar-refractivity contribution is 5.88. The molecule has 0 bridgehead atoms. The summed E-state index contributed by atoms with van der Waals surface area (Å²) in [5.41, 5.74) is 0.863. The summed E-state index contributed by atoms with van der Waals surface area (Å²) >= 11 is 0. The number of hydrogen-bond acceptors (Lipinski definition) is 3. The minimum atomic E-state index is 0.428. The maximum absolute atomic E-state index is 5.93. The first kappa shape index (κ1) is 11.9. The molecule has 2 aromatic heterocycles. The second-order valence-electron chi connectivity index (χ2n) is 4.83. The van der Waals surface area contributed by atoms with Crippen LogP contribution in [0.25, 0.3) is 16.6 Å². The zero-order chi connectivity index (χ0) is 14.1. The van der Waals surface area contributed by atoms with Crippen LogP contribution in [0.15, 0.2) is 67.1 Å². The van der Waals surface area contributed by atoms with Crippen molar-refractivity contribution < 1.29 is 4.74 Å². The molecule has 0 aliphatic heterocycles. The first-order valence-corrected chi connectivity index (χ1v) is 6.79. The highest BCUT2D eigenvalue weighted by atomic mass is 16.5. The summed E-state index contributed by atoms with van der Waals surface area (Å²) in [4.78, 5) is 8.64. The fraction of sp³-hybridized carbons (Fsp3) is 0.0588. The summed E-state index contributed by atoms with van der Waals surface area (Å²) in [5, 5.41) is 2.29. The van der Waals surface area contributed by atoms with Gasteiger partial charge in [-0.2, -0.15) is 0 Å². The predicted molar refractivity (Wildman–Crippen MR) is 81.3 cm³/mol. The van der Waals surface area contributed by atoms with E-state index in [-0.39, 0.29) is 0 Å². The van der Waals surface area contributed by atoms with Gasteiger partial charge in [0.25, 0.3) is 0 Å². The molecule has 2 aromatic carbocycles. The smallest absolute Gasteiger partial charge is 0.234 e. The topological polar surface area (TPSA) is 39.4 Å². The highest BCUT2D eigenvalue weighted by Gasteiger charge is 2.05. The lowest BCUT2D eigenvalue weighted by molar-refractivity contribution is 0.306. The fourth-order valence-corrected chi connectivity index (χ4v) is 2.42. The Balaban J connectivity index is 1.63. The summed E-state index contributed by atoms with van der Waals surface area (Å²) in [6.07, 6.45) is 5.60. The summed E-state index contributed by atoms with van der Waals surface area (Å²) in [5.74, 6) is 1.56. The van der Waals surface area contributed by atoms with E-state index in [0.717, 1.165) is 16.8 Å². The van der Waals surface area contributed by atoms with Crippen molar-refractivity contribution in [3.63, 3.8) is 0 Å². The van der Waals surface area contributed by atoms with Crippen molar-refractivity contribution in [2.45, 2.75) is 6.61 Å². The molecule has 0 aliphatic rings. The number of hydrogen-bond donors (Lipinski definition) is 0. The van der Waals surface area contributed by atoms with E-state index in [9.17, 15) is 0 Å². The Morgan fingerprint density at radius 2 is 1.90 bits per heavy atom. The van der Waals surface area contributed by atoms with Crippen LogP contribution in [-0.2, 0) is 6.61 Å². The van der Waals surface area contributed by atoms with Crippen molar-refractivity contribution in [1.82, 2.24) is 14.4 Å². The molecule has 0 aliphatic carbocycles. The van der Waals surface area contributed by atoms with Gasteiger partial charge in [0, 0.05) is 24.0 Å². The third-order valence-electron chi connectivity index (χ3n) is 3.41. The van der Waals surface area contributed by atoms with Crippen LogP contribution in [0, 0.1) is 0 Å². The van der Waals surface area contributed by atoms with E-state index < -0.39 is 0 Å². The number of aromatic nitrogens is 3. The molecule has 0 saturated carbocycles. The van der Waals surface area contributed by atoms with Crippen molar-refractivity contribution in [2.24, 2.45) is 0 Å². The van der Waals surface area contributed by atoms with Gasteiger partial charge in [0.05, 0.1) is 5.69 Å². The predicted octanol–water partition coefficient (Wildman–Crippen LogP) is 3.46. The molecule has 0 atom stereocenters. The Morgan fingerprint density at radius 3 is 2.86 bits per heavy atom. The van der Waals surface area contributed by atoms with Crippen molar-refractivity contribution in [1.29, 1.82) is 0 Å². The van der Waals surface area contributed by atoms with Crippen LogP contribution in [0.5, 0.6) is 5.75 Å². The van der Waals surface area contributed by atoms with Crippen molar-refractivity contribution in [3.05, 3.63) is 72.8 Å². The largest absolute Gasteiger partial charge is 0.487 e. The van der Waals surface area contributed by atoms with Crippen molar-refractivity contribution in [3.8, 4) is 5.75 Å². The monoisotopic (exact) mass is 275 g/mol. The lowest BCUT2D eigenvalue weighted by Crippen LogP contribution is -1.96. The van der Waals surface area contributed by atoms with Gasteiger partial charge in [-0.25, -0.2) is 9.97 Å². The highest BCUT2D eigenvalue weighted by Crippen LogP contribution is 2.25. The summed E-state index contributed by atoms with van der Waals surface area (Å²) in [6, 6.07) is 16.1. The van der Waals surface area contributed by atoms with Gasteiger partial charge in [-0.1, -0.05) is 36.4 Å². The van der Waals surface area contributed by atoms with Crippen LogP contribution in [-0.4, -0.2) is 14.4 Å². The van der Waals surface area contributed by atoms with Crippen LogP contribution in [0.3, 0.4) is 0 Å². The third kappa shape index (κ3) is 2.21. The van der Waals surface area contributed by atoms with E-state index in [1.54, 1.807) is 6.20 Å². The van der Waals surface area contributed by atoms with Gasteiger partial charge in [0.1, 0.15) is 12.4 Å². The average Bonchev–Trinajstić information content (AvgIpc) is 2.96. The molecule has 0 unspecified atom stereocenters. The number of imidazole rings is 1. The average molecular weight is 275 g/mol. The van der Waals surface area contributed by atoms with E-state index in [4.69, 9.17) is 4.74 Å². The third-order valence-corrected chi connectivity index (χ3v) is 3.41. The van der Waals surface area contributed by atoms with Gasteiger partial charge < -0.3 is 4.74 Å². The second-order valence-corrected chi connectivity index (χ2v) is 4.83. The van der Waals surface area contributed by atoms with Gasteiger partial charge in [-0.05, 0) is 17.5 Å². The Morgan fingerprint density at radius 1 is 1.00 bits per heavy atom. The zero-order valence-electron chi connectivity index (χ0n) is 11.3. The molecular weight excluding hydrogens is 262 g/mol. The van der Waals surface area contributed by atoms with E-state index in [0.29, 0.717) is 12.4 Å². The Labute approximate surface area is 121 Å².